The molecule has 1 aliphatic heterocycles. The van der Waals surface area contributed by atoms with Crippen LogP contribution < -0.4 is 10.6 Å². The molecule has 0 aliphatic carbocycles. The second-order valence-electron chi connectivity index (χ2n) is 6.65. The van der Waals surface area contributed by atoms with Gasteiger partial charge >= 0.3 is 0 Å². The largest absolute Gasteiger partial charge is 0.398 e. The summed E-state index contributed by atoms with van der Waals surface area (Å²) in [6, 6.07) is 8.21. The van der Waals surface area contributed by atoms with E-state index in [2.05, 4.69) is 25.3 Å². The summed E-state index contributed by atoms with van der Waals surface area (Å²) in [4.78, 5) is 15.0. The average molecular weight is 311 g/mol. The van der Waals surface area contributed by atoms with Crippen molar-refractivity contribution in [3.8, 4) is 0 Å². The minimum Gasteiger partial charge on any atom is -0.398 e. The summed E-state index contributed by atoms with van der Waals surface area (Å²) < 4.78 is 2.22. The lowest BCUT2D eigenvalue weighted by molar-refractivity contribution is 0.0984. The quantitative estimate of drug-likeness (QED) is 0.856. The van der Waals surface area contributed by atoms with E-state index in [1.54, 1.807) is 0 Å². The number of hydrogen-bond acceptors (Lipinski definition) is 2. The van der Waals surface area contributed by atoms with E-state index in [0.29, 0.717) is 6.04 Å². The Morgan fingerprint density at radius 2 is 2.00 bits per heavy atom. The highest BCUT2D eigenvalue weighted by Crippen LogP contribution is 2.33. The second kappa shape index (κ2) is 5.76. The van der Waals surface area contributed by atoms with Crippen molar-refractivity contribution >= 4 is 17.3 Å². The summed E-state index contributed by atoms with van der Waals surface area (Å²) in [5, 5.41) is 0. The van der Waals surface area contributed by atoms with Gasteiger partial charge in [0, 0.05) is 35.3 Å². The molecule has 2 N–H and O–H groups in total. The highest BCUT2D eigenvalue weighted by atomic mass is 16.2. The van der Waals surface area contributed by atoms with Crippen molar-refractivity contribution in [2.45, 2.75) is 46.6 Å². The molecule has 2 heterocycles. The van der Waals surface area contributed by atoms with Crippen LogP contribution in [0.15, 0.2) is 24.3 Å². The molecule has 1 aromatic heterocycles. The molecule has 23 heavy (non-hydrogen) atoms. The van der Waals surface area contributed by atoms with Crippen LogP contribution in [0.2, 0.25) is 0 Å². The Kier molecular flexibility index (Phi) is 3.92. The van der Waals surface area contributed by atoms with Crippen LogP contribution in [0.25, 0.3) is 0 Å². The van der Waals surface area contributed by atoms with Gasteiger partial charge in [0.2, 0.25) is 0 Å². The number of aryl methyl sites for hydroxylation is 1. The van der Waals surface area contributed by atoms with Crippen LogP contribution in [0.1, 0.15) is 53.6 Å². The SMILES string of the molecule is Cc1cc(C(=O)N2CCCc3c(N)cccc32)c(C)n1C(C)C. The number of nitrogens with zero attached hydrogens (tertiary/aromatic N) is 2. The first-order chi connectivity index (χ1) is 10.9. The minimum absolute atomic E-state index is 0.0801. The van der Waals surface area contributed by atoms with E-state index in [-0.39, 0.29) is 5.91 Å². The first-order valence-corrected chi connectivity index (χ1v) is 8.29. The third kappa shape index (κ3) is 2.52. The fourth-order valence-corrected chi connectivity index (χ4v) is 3.80. The molecule has 0 saturated heterocycles. The van der Waals surface area contributed by atoms with E-state index in [9.17, 15) is 4.79 Å². The molecule has 0 atom stereocenters. The highest BCUT2D eigenvalue weighted by Gasteiger charge is 2.27. The number of amides is 1. The lowest BCUT2D eigenvalue weighted by Gasteiger charge is -2.30. The molecular weight excluding hydrogens is 286 g/mol. The monoisotopic (exact) mass is 311 g/mol. The van der Waals surface area contributed by atoms with Gasteiger partial charge in [-0.15, -0.1) is 0 Å². The van der Waals surface area contributed by atoms with Crippen LogP contribution in [-0.2, 0) is 6.42 Å². The van der Waals surface area contributed by atoms with E-state index in [1.165, 1.54) is 0 Å². The molecule has 0 bridgehead atoms. The smallest absolute Gasteiger partial charge is 0.260 e. The van der Waals surface area contributed by atoms with Crippen LogP contribution in [0.4, 0.5) is 11.4 Å². The summed E-state index contributed by atoms with van der Waals surface area (Å²) >= 11 is 0. The van der Waals surface area contributed by atoms with Gasteiger partial charge in [-0.05, 0) is 64.3 Å². The van der Waals surface area contributed by atoms with Gasteiger partial charge in [-0.1, -0.05) is 6.07 Å². The zero-order valence-electron chi connectivity index (χ0n) is 14.4. The average Bonchev–Trinajstić information content (AvgIpc) is 2.81. The number of rotatable bonds is 2. The molecule has 3 rings (SSSR count). The summed E-state index contributed by atoms with van der Waals surface area (Å²) in [6.45, 7) is 9.13. The maximum Gasteiger partial charge on any atom is 0.260 e. The number of nitrogen functional groups attached to an aromatic ring is 1. The first-order valence-electron chi connectivity index (χ1n) is 8.29. The van der Waals surface area contributed by atoms with E-state index >= 15 is 0 Å². The minimum atomic E-state index is 0.0801. The number of anilines is 2. The van der Waals surface area contributed by atoms with Gasteiger partial charge in [0.25, 0.3) is 5.91 Å². The molecule has 1 aliphatic rings. The number of aromatic nitrogens is 1. The Morgan fingerprint density at radius 3 is 2.65 bits per heavy atom. The lowest BCUT2D eigenvalue weighted by Crippen LogP contribution is -2.36. The zero-order chi connectivity index (χ0) is 16.7. The molecule has 0 radical (unpaired) electrons. The summed E-state index contributed by atoms with van der Waals surface area (Å²) in [6.07, 6.45) is 1.90. The van der Waals surface area contributed by atoms with Gasteiger partial charge in [-0.3, -0.25) is 4.79 Å². The zero-order valence-corrected chi connectivity index (χ0v) is 14.4. The van der Waals surface area contributed by atoms with Crippen molar-refractivity contribution in [1.82, 2.24) is 4.57 Å². The van der Waals surface area contributed by atoms with Crippen molar-refractivity contribution in [1.29, 1.82) is 0 Å². The van der Waals surface area contributed by atoms with E-state index in [1.807, 2.05) is 36.1 Å². The van der Waals surface area contributed by atoms with Gasteiger partial charge in [0.1, 0.15) is 0 Å². The summed E-state index contributed by atoms with van der Waals surface area (Å²) in [5.41, 5.74) is 11.9. The number of carbonyl (C=O) groups excluding carboxylic acids is 1. The van der Waals surface area contributed by atoms with Crippen molar-refractivity contribution in [3.63, 3.8) is 0 Å². The molecule has 4 heteroatoms. The summed E-state index contributed by atoms with van der Waals surface area (Å²) in [5.74, 6) is 0.0801. The Balaban J connectivity index is 2.04. The Bertz CT molecular complexity index is 758. The maximum absolute atomic E-state index is 13.2. The second-order valence-corrected chi connectivity index (χ2v) is 6.65. The van der Waals surface area contributed by atoms with E-state index < -0.39 is 0 Å². The number of hydrogen-bond donors (Lipinski definition) is 1. The number of carbonyl (C=O) groups is 1. The van der Waals surface area contributed by atoms with Crippen LogP contribution in [0.5, 0.6) is 0 Å². The van der Waals surface area contributed by atoms with Gasteiger partial charge in [-0.2, -0.15) is 0 Å². The molecular formula is C19H25N3O. The van der Waals surface area contributed by atoms with E-state index in [0.717, 1.165) is 53.3 Å². The predicted molar refractivity (Wildman–Crippen MR) is 95.1 cm³/mol. The topological polar surface area (TPSA) is 51.3 Å². The van der Waals surface area contributed by atoms with Gasteiger partial charge in [-0.25, -0.2) is 0 Å². The highest BCUT2D eigenvalue weighted by molar-refractivity contribution is 6.08. The van der Waals surface area contributed by atoms with Gasteiger partial charge < -0.3 is 15.2 Å². The van der Waals surface area contributed by atoms with Crippen LogP contribution in [-0.4, -0.2) is 17.0 Å². The third-order valence-electron chi connectivity index (χ3n) is 4.76. The van der Waals surface area contributed by atoms with Gasteiger partial charge in [0.15, 0.2) is 0 Å². The number of benzene rings is 1. The van der Waals surface area contributed by atoms with Crippen LogP contribution in [0.3, 0.4) is 0 Å². The van der Waals surface area contributed by atoms with E-state index in [4.69, 9.17) is 5.73 Å². The van der Waals surface area contributed by atoms with Crippen molar-refractivity contribution in [2.24, 2.45) is 0 Å². The lowest BCUT2D eigenvalue weighted by atomic mass is 9.99. The molecule has 0 spiro atoms. The molecule has 1 aromatic carbocycles. The standard InChI is InChI=1S/C19H25N3O/c1-12(2)22-13(3)11-16(14(22)4)19(23)21-10-6-7-15-17(20)8-5-9-18(15)21/h5,8-9,11-12H,6-7,10,20H2,1-4H3. The van der Waals surface area contributed by atoms with Crippen LogP contribution in [0, 0.1) is 13.8 Å². The van der Waals surface area contributed by atoms with Crippen molar-refractivity contribution < 1.29 is 4.79 Å². The number of nitrogens with two attached hydrogens (primary N) is 1. The first kappa shape index (κ1) is 15.7. The Morgan fingerprint density at radius 1 is 1.26 bits per heavy atom. The van der Waals surface area contributed by atoms with Crippen LogP contribution >= 0.6 is 0 Å². The number of fused-ring (bicyclic) bond motifs is 1. The fraction of sp³-hybridized carbons (Fsp3) is 0.421. The van der Waals surface area contributed by atoms with Gasteiger partial charge in [0.05, 0.1) is 5.56 Å². The predicted octanol–water partition coefficient (Wildman–Crippen LogP) is 3.86. The normalized spacial score (nSPS) is 14.2. The molecule has 4 nitrogen and oxygen atoms in total. The molecule has 2 aromatic rings. The maximum atomic E-state index is 13.2. The molecule has 1 amide bonds. The third-order valence-corrected chi connectivity index (χ3v) is 4.76. The molecule has 122 valence electrons. The Labute approximate surface area is 137 Å². The molecule has 0 fully saturated rings. The molecule has 0 saturated carbocycles. The molecule has 0 unspecified atom stereocenters. The Hall–Kier alpha value is -2.23. The summed E-state index contributed by atoms with van der Waals surface area (Å²) in [7, 11) is 0. The van der Waals surface area contributed by atoms with Crippen molar-refractivity contribution in [3.05, 3.63) is 46.8 Å². The van der Waals surface area contributed by atoms with Crippen molar-refractivity contribution in [2.75, 3.05) is 17.2 Å². The fourth-order valence-electron chi connectivity index (χ4n) is 3.80.